The summed E-state index contributed by atoms with van der Waals surface area (Å²) in [4.78, 5) is 38.1. The number of methoxy groups -OCH3 is 1. The van der Waals surface area contributed by atoms with Gasteiger partial charge in [0.1, 0.15) is 5.75 Å². The van der Waals surface area contributed by atoms with E-state index >= 15 is 4.39 Å². The van der Waals surface area contributed by atoms with Crippen LogP contribution in [-0.4, -0.2) is 48.9 Å². The zero-order valence-electron chi connectivity index (χ0n) is 20.4. The molecule has 0 bridgehead atoms. The molecule has 2 amide bonds. The van der Waals surface area contributed by atoms with Crippen molar-refractivity contribution in [1.29, 1.82) is 0 Å². The molecule has 4 rings (SSSR count). The summed E-state index contributed by atoms with van der Waals surface area (Å²) in [6.07, 6.45) is 1.36. The fourth-order valence-corrected chi connectivity index (χ4v) is 4.19. The lowest BCUT2D eigenvalue weighted by atomic mass is 10.0. The van der Waals surface area contributed by atoms with Crippen molar-refractivity contribution < 1.29 is 28.2 Å². The fourth-order valence-electron chi connectivity index (χ4n) is 4.19. The summed E-state index contributed by atoms with van der Waals surface area (Å²) in [6, 6.07) is 21.0. The summed E-state index contributed by atoms with van der Waals surface area (Å²) in [5.74, 6) is -0.349. The highest BCUT2D eigenvalue weighted by atomic mass is 19.1. The Morgan fingerprint density at radius 2 is 1.59 bits per heavy atom. The molecule has 0 spiro atoms. The predicted molar refractivity (Wildman–Crippen MR) is 137 cm³/mol. The van der Waals surface area contributed by atoms with Crippen molar-refractivity contribution in [2.45, 2.75) is 31.8 Å². The van der Waals surface area contributed by atoms with E-state index < -0.39 is 18.5 Å². The van der Waals surface area contributed by atoms with Gasteiger partial charge in [0.25, 0.3) is 6.48 Å². The van der Waals surface area contributed by atoms with Gasteiger partial charge in [0.15, 0.2) is 5.78 Å². The maximum Gasteiger partial charge on any atom is 0.337 e. The number of carbonyl (C=O) groups excluding carboxylic acids is 3. The SMILES string of the molecule is COC(=O)c1ccc(O[C@@H](F)N2CCC[C@H]2C(=O)Cc2ccc(NC(=O)Nc3ccccc3)cc2)cc1. The molecule has 0 unspecified atom stereocenters. The number of ketones is 1. The molecule has 37 heavy (non-hydrogen) atoms. The Kier molecular flexibility index (Phi) is 8.48. The smallest absolute Gasteiger partial charge is 0.337 e. The van der Waals surface area contributed by atoms with Crippen LogP contribution in [0.4, 0.5) is 20.6 Å². The lowest BCUT2D eigenvalue weighted by Gasteiger charge is -2.27. The fraction of sp³-hybridized carbons (Fsp3) is 0.250. The largest absolute Gasteiger partial charge is 0.465 e. The van der Waals surface area contributed by atoms with E-state index in [4.69, 9.17) is 4.74 Å². The van der Waals surface area contributed by atoms with Gasteiger partial charge in [-0.15, -0.1) is 0 Å². The Hall–Kier alpha value is -4.24. The molecule has 2 atom stereocenters. The number of rotatable bonds is 9. The second-order valence-corrected chi connectivity index (χ2v) is 8.61. The van der Waals surface area contributed by atoms with E-state index in [1.54, 1.807) is 36.4 Å². The zero-order valence-corrected chi connectivity index (χ0v) is 20.4. The number of Topliss-reactive ketones (excluding diaryl/α,β-unsaturated/α-hetero) is 1. The number of likely N-dealkylation sites (tertiary alicyclic amines) is 1. The molecule has 1 fully saturated rings. The van der Waals surface area contributed by atoms with Crippen LogP contribution in [0.2, 0.25) is 0 Å². The van der Waals surface area contributed by atoms with Gasteiger partial charge in [-0.1, -0.05) is 30.3 Å². The van der Waals surface area contributed by atoms with Crippen molar-refractivity contribution in [1.82, 2.24) is 4.90 Å². The van der Waals surface area contributed by atoms with Crippen LogP contribution in [0.25, 0.3) is 0 Å². The molecule has 1 aliphatic rings. The summed E-state index contributed by atoms with van der Waals surface area (Å²) in [6.45, 7) is -1.40. The number of alkyl halides is 1. The van der Waals surface area contributed by atoms with Gasteiger partial charge in [-0.2, -0.15) is 4.39 Å². The highest BCUT2D eigenvalue weighted by molar-refractivity contribution is 5.99. The molecule has 0 aliphatic carbocycles. The number of ether oxygens (including phenoxy) is 2. The molecule has 192 valence electrons. The van der Waals surface area contributed by atoms with Gasteiger partial charge < -0.3 is 20.1 Å². The molecular formula is C28H28FN3O5. The van der Waals surface area contributed by atoms with Crippen molar-refractivity contribution in [3.63, 3.8) is 0 Å². The third kappa shape index (κ3) is 6.92. The number of amides is 2. The number of para-hydroxylation sites is 1. The minimum absolute atomic E-state index is 0.104. The van der Waals surface area contributed by atoms with Gasteiger partial charge in [0.05, 0.1) is 18.7 Å². The number of esters is 1. The molecule has 0 saturated carbocycles. The van der Waals surface area contributed by atoms with E-state index in [1.807, 2.05) is 18.2 Å². The first-order valence-electron chi connectivity index (χ1n) is 11.9. The number of benzene rings is 3. The molecule has 0 radical (unpaired) electrons. The topological polar surface area (TPSA) is 97.0 Å². The number of urea groups is 1. The second-order valence-electron chi connectivity index (χ2n) is 8.61. The van der Waals surface area contributed by atoms with Crippen LogP contribution in [0, 0.1) is 0 Å². The average molecular weight is 506 g/mol. The number of anilines is 2. The molecule has 8 nitrogen and oxygen atoms in total. The van der Waals surface area contributed by atoms with E-state index in [0.29, 0.717) is 36.3 Å². The maximum atomic E-state index is 15.0. The second kappa shape index (κ2) is 12.1. The number of halogens is 1. The molecule has 9 heteroatoms. The summed E-state index contributed by atoms with van der Waals surface area (Å²) in [7, 11) is 1.28. The van der Waals surface area contributed by atoms with E-state index in [2.05, 4.69) is 15.4 Å². The number of hydrogen-bond acceptors (Lipinski definition) is 6. The van der Waals surface area contributed by atoms with Gasteiger partial charge in [-0.25, -0.2) is 14.5 Å². The third-order valence-electron chi connectivity index (χ3n) is 6.06. The standard InChI is InChI=1S/C28H28FN3O5/c1-36-26(34)20-11-15-23(16-12-20)37-27(29)32-17-5-8-24(32)25(33)18-19-9-13-22(14-10-19)31-28(35)30-21-6-3-2-4-7-21/h2-4,6-7,9-16,24,27H,5,8,17-18H2,1H3,(H2,30,31,35)/t24-,27-/m0/s1. The van der Waals surface area contributed by atoms with Crippen LogP contribution in [0.15, 0.2) is 78.9 Å². The lowest BCUT2D eigenvalue weighted by molar-refractivity contribution is -0.133. The van der Waals surface area contributed by atoms with Gasteiger partial charge >= 0.3 is 12.0 Å². The van der Waals surface area contributed by atoms with E-state index in [1.165, 1.54) is 36.3 Å². The van der Waals surface area contributed by atoms with Crippen molar-refractivity contribution in [2.24, 2.45) is 0 Å². The Morgan fingerprint density at radius 1 is 0.946 bits per heavy atom. The highest BCUT2D eigenvalue weighted by Gasteiger charge is 2.36. The van der Waals surface area contributed by atoms with Crippen LogP contribution in [0.5, 0.6) is 5.75 Å². The average Bonchev–Trinajstić information content (AvgIpc) is 3.41. The molecule has 0 aromatic heterocycles. The van der Waals surface area contributed by atoms with Crippen molar-refractivity contribution in [2.75, 3.05) is 24.3 Å². The first-order chi connectivity index (χ1) is 17.9. The predicted octanol–water partition coefficient (Wildman–Crippen LogP) is 5.03. The normalized spacial score (nSPS) is 16.0. The third-order valence-corrected chi connectivity index (χ3v) is 6.06. The van der Waals surface area contributed by atoms with Crippen molar-refractivity contribution in [3.8, 4) is 5.75 Å². The minimum atomic E-state index is -1.80. The van der Waals surface area contributed by atoms with Crippen LogP contribution in [0.1, 0.15) is 28.8 Å². The van der Waals surface area contributed by atoms with Crippen molar-refractivity contribution in [3.05, 3.63) is 90.0 Å². The quantitative estimate of drug-likeness (QED) is 0.313. The van der Waals surface area contributed by atoms with E-state index in [-0.39, 0.29) is 24.0 Å². The Bertz CT molecular complexity index is 1220. The first-order valence-corrected chi connectivity index (χ1v) is 11.9. The summed E-state index contributed by atoms with van der Waals surface area (Å²) in [5, 5.41) is 5.49. The maximum absolute atomic E-state index is 15.0. The summed E-state index contributed by atoms with van der Waals surface area (Å²) < 4.78 is 25.1. The Labute approximate surface area is 214 Å². The molecule has 1 aliphatic heterocycles. The Morgan fingerprint density at radius 3 is 2.24 bits per heavy atom. The highest BCUT2D eigenvalue weighted by Crippen LogP contribution is 2.25. The lowest BCUT2D eigenvalue weighted by Crippen LogP contribution is -2.44. The number of nitrogens with one attached hydrogen (secondary N) is 2. The molecule has 3 aromatic rings. The van der Waals surface area contributed by atoms with Gasteiger partial charge in [0, 0.05) is 24.3 Å². The summed E-state index contributed by atoms with van der Waals surface area (Å²) >= 11 is 0. The molecule has 1 saturated heterocycles. The number of hydrogen-bond donors (Lipinski definition) is 2. The molecule has 3 aromatic carbocycles. The van der Waals surface area contributed by atoms with Gasteiger partial charge in [-0.05, 0) is 66.9 Å². The Balaban J connectivity index is 1.30. The summed E-state index contributed by atoms with van der Waals surface area (Å²) in [5.41, 5.74) is 2.36. The number of carbonyl (C=O) groups is 3. The van der Waals surface area contributed by atoms with Crippen LogP contribution < -0.4 is 15.4 Å². The van der Waals surface area contributed by atoms with E-state index in [0.717, 1.165) is 5.56 Å². The van der Waals surface area contributed by atoms with Crippen molar-refractivity contribution >= 4 is 29.2 Å². The molecule has 1 heterocycles. The van der Waals surface area contributed by atoms with Gasteiger partial charge in [-0.3, -0.25) is 4.79 Å². The molecule has 2 N–H and O–H groups in total. The van der Waals surface area contributed by atoms with Crippen LogP contribution in [-0.2, 0) is 16.0 Å². The molecular weight excluding hydrogens is 477 g/mol. The zero-order chi connectivity index (χ0) is 26.2. The van der Waals surface area contributed by atoms with Gasteiger partial charge in [0.2, 0.25) is 0 Å². The van der Waals surface area contributed by atoms with E-state index in [9.17, 15) is 14.4 Å². The number of nitrogens with zero attached hydrogens (tertiary/aromatic N) is 1. The monoisotopic (exact) mass is 505 g/mol. The first kappa shape index (κ1) is 25.8. The minimum Gasteiger partial charge on any atom is -0.465 e. The van der Waals surface area contributed by atoms with Crippen LogP contribution >= 0.6 is 0 Å². The van der Waals surface area contributed by atoms with Crippen LogP contribution in [0.3, 0.4) is 0 Å².